The van der Waals surface area contributed by atoms with Crippen LogP contribution < -0.4 is 4.74 Å². The first-order valence-electron chi connectivity index (χ1n) is 4.33. The summed E-state index contributed by atoms with van der Waals surface area (Å²) in [5.41, 5.74) is 0.663. The lowest BCUT2D eigenvalue weighted by Crippen LogP contribution is -2.02. The summed E-state index contributed by atoms with van der Waals surface area (Å²) < 4.78 is 27.9. The zero-order valence-electron chi connectivity index (χ0n) is 7.82. The summed E-state index contributed by atoms with van der Waals surface area (Å²) in [5.74, 6) is -0.872. The second-order valence-corrected chi connectivity index (χ2v) is 2.92. The highest BCUT2D eigenvalue weighted by atomic mass is 19.3. The van der Waals surface area contributed by atoms with E-state index in [2.05, 4.69) is 4.74 Å². The molecule has 0 amide bonds. The van der Waals surface area contributed by atoms with Crippen LogP contribution in [0.5, 0.6) is 5.75 Å². The number of benzene rings is 1. The van der Waals surface area contributed by atoms with Crippen molar-refractivity contribution in [2.45, 2.75) is 19.5 Å². The Kier molecular flexibility index (Phi) is 4.03. The van der Waals surface area contributed by atoms with Crippen LogP contribution in [0.4, 0.5) is 8.78 Å². The van der Waals surface area contributed by atoms with Crippen molar-refractivity contribution in [1.29, 1.82) is 0 Å². The van der Waals surface area contributed by atoms with E-state index in [9.17, 15) is 13.6 Å². The third-order valence-electron chi connectivity index (χ3n) is 1.75. The van der Waals surface area contributed by atoms with Crippen molar-refractivity contribution in [2.75, 3.05) is 0 Å². The molecule has 0 aliphatic carbocycles. The van der Waals surface area contributed by atoms with E-state index in [0.717, 1.165) is 0 Å². The van der Waals surface area contributed by atoms with E-state index in [0.29, 0.717) is 12.0 Å². The second kappa shape index (κ2) is 5.29. The van der Waals surface area contributed by atoms with Gasteiger partial charge in [-0.2, -0.15) is 8.78 Å². The normalized spacial score (nSPS) is 10.3. The summed E-state index contributed by atoms with van der Waals surface area (Å²) in [6.07, 6.45) is 0.272. The molecule has 5 heteroatoms. The Labute approximate surface area is 85.3 Å². The van der Waals surface area contributed by atoms with Crippen molar-refractivity contribution in [3.8, 4) is 5.75 Å². The van der Waals surface area contributed by atoms with Gasteiger partial charge in [0.25, 0.3) is 0 Å². The minimum atomic E-state index is -2.86. The van der Waals surface area contributed by atoms with Gasteiger partial charge in [-0.3, -0.25) is 4.79 Å². The molecule has 3 nitrogen and oxygen atoms in total. The molecule has 0 atom stereocenters. The van der Waals surface area contributed by atoms with Crippen molar-refractivity contribution in [2.24, 2.45) is 0 Å². The Morgan fingerprint density at radius 1 is 1.47 bits per heavy atom. The Bertz CT molecular complexity index is 339. The maximum Gasteiger partial charge on any atom is 0.387 e. The smallest absolute Gasteiger partial charge is 0.387 e. The molecule has 0 unspecified atom stereocenters. The standard InChI is InChI=1S/C10H10F2O3/c11-10(12)15-8-3-1-2-7(6-8)4-5-9(13)14/h1-3,6,10H,4-5H2,(H,13,14). The summed E-state index contributed by atoms with van der Waals surface area (Å²) in [7, 11) is 0. The SMILES string of the molecule is O=C(O)CCc1cccc(OC(F)F)c1. The lowest BCUT2D eigenvalue weighted by atomic mass is 10.1. The van der Waals surface area contributed by atoms with Crippen molar-refractivity contribution < 1.29 is 23.4 Å². The lowest BCUT2D eigenvalue weighted by Gasteiger charge is -2.05. The minimum Gasteiger partial charge on any atom is -0.481 e. The summed E-state index contributed by atoms with van der Waals surface area (Å²) in [5, 5.41) is 8.44. The number of aliphatic carboxylic acids is 1. The fraction of sp³-hybridized carbons (Fsp3) is 0.300. The largest absolute Gasteiger partial charge is 0.481 e. The Morgan fingerprint density at radius 3 is 2.80 bits per heavy atom. The molecule has 0 aliphatic rings. The quantitative estimate of drug-likeness (QED) is 0.821. The monoisotopic (exact) mass is 216 g/mol. The highest BCUT2D eigenvalue weighted by Gasteiger charge is 2.05. The van der Waals surface area contributed by atoms with Crippen LogP contribution in [0.3, 0.4) is 0 Å². The molecule has 0 aliphatic heterocycles. The van der Waals surface area contributed by atoms with Crippen LogP contribution in [0, 0.1) is 0 Å². The average molecular weight is 216 g/mol. The Balaban J connectivity index is 2.61. The van der Waals surface area contributed by atoms with Gasteiger partial charge in [-0.1, -0.05) is 12.1 Å². The molecule has 0 fully saturated rings. The van der Waals surface area contributed by atoms with Gasteiger partial charge in [-0.25, -0.2) is 0 Å². The number of hydrogen-bond donors (Lipinski definition) is 1. The molecular formula is C10H10F2O3. The molecule has 1 N–H and O–H groups in total. The molecular weight excluding hydrogens is 206 g/mol. The van der Waals surface area contributed by atoms with Crippen LogP contribution in [-0.4, -0.2) is 17.7 Å². The number of carbonyl (C=O) groups is 1. The zero-order chi connectivity index (χ0) is 11.3. The van der Waals surface area contributed by atoms with E-state index >= 15 is 0 Å². The van der Waals surface area contributed by atoms with Crippen LogP contribution in [0.2, 0.25) is 0 Å². The van der Waals surface area contributed by atoms with Crippen molar-refractivity contribution in [3.63, 3.8) is 0 Å². The molecule has 82 valence electrons. The summed E-state index contributed by atoms with van der Waals surface area (Å²) in [6, 6.07) is 6.03. The Hall–Kier alpha value is -1.65. The molecule has 0 radical (unpaired) electrons. The number of hydrogen-bond acceptors (Lipinski definition) is 2. The van der Waals surface area contributed by atoms with Gasteiger partial charge in [0.2, 0.25) is 0 Å². The molecule has 0 heterocycles. The van der Waals surface area contributed by atoms with Gasteiger partial charge in [-0.05, 0) is 24.1 Å². The third kappa shape index (κ3) is 4.39. The van der Waals surface area contributed by atoms with Gasteiger partial charge in [0.1, 0.15) is 5.75 Å². The molecule has 0 spiro atoms. The molecule has 0 saturated heterocycles. The third-order valence-corrected chi connectivity index (χ3v) is 1.75. The number of carboxylic acid groups (broad SMARTS) is 1. The number of rotatable bonds is 5. The lowest BCUT2D eigenvalue weighted by molar-refractivity contribution is -0.136. The topological polar surface area (TPSA) is 46.5 Å². The summed E-state index contributed by atoms with van der Waals surface area (Å²) >= 11 is 0. The maximum absolute atomic E-state index is 11.8. The summed E-state index contributed by atoms with van der Waals surface area (Å²) in [6.45, 7) is -2.86. The first-order valence-corrected chi connectivity index (χ1v) is 4.33. The Morgan fingerprint density at radius 2 is 2.20 bits per heavy atom. The van der Waals surface area contributed by atoms with E-state index in [4.69, 9.17) is 5.11 Å². The minimum absolute atomic E-state index is 0.0296. The van der Waals surface area contributed by atoms with Crippen LogP contribution in [0.15, 0.2) is 24.3 Å². The van der Waals surface area contributed by atoms with Crippen LogP contribution >= 0.6 is 0 Å². The predicted molar refractivity (Wildman–Crippen MR) is 49.0 cm³/mol. The van der Waals surface area contributed by atoms with Crippen LogP contribution in [0.25, 0.3) is 0 Å². The fourth-order valence-corrected chi connectivity index (χ4v) is 1.13. The van der Waals surface area contributed by atoms with Gasteiger partial charge in [-0.15, -0.1) is 0 Å². The molecule has 15 heavy (non-hydrogen) atoms. The number of halogens is 2. The zero-order valence-corrected chi connectivity index (χ0v) is 7.82. The van der Waals surface area contributed by atoms with Crippen LogP contribution in [0.1, 0.15) is 12.0 Å². The average Bonchev–Trinajstić information content (AvgIpc) is 2.14. The van der Waals surface area contributed by atoms with Gasteiger partial charge in [0.15, 0.2) is 0 Å². The molecule has 0 saturated carbocycles. The van der Waals surface area contributed by atoms with Gasteiger partial charge in [0, 0.05) is 6.42 Å². The van der Waals surface area contributed by atoms with Gasteiger partial charge < -0.3 is 9.84 Å². The van der Waals surface area contributed by atoms with Crippen molar-refractivity contribution in [1.82, 2.24) is 0 Å². The van der Waals surface area contributed by atoms with Gasteiger partial charge in [0.05, 0.1) is 0 Å². The maximum atomic E-state index is 11.8. The first-order chi connectivity index (χ1) is 7.08. The van der Waals surface area contributed by atoms with E-state index in [1.165, 1.54) is 12.1 Å². The highest BCUT2D eigenvalue weighted by Crippen LogP contribution is 2.16. The predicted octanol–water partition coefficient (Wildman–Crippen LogP) is 2.31. The summed E-state index contributed by atoms with van der Waals surface area (Å²) in [4.78, 5) is 10.3. The number of ether oxygens (including phenoxy) is 1. The second-order valence-electron chi connectivity index (χ2n) is 2.92. The molecule has 0 aromatic heterocycles. The van der Waals surface area contributed by atoms with E-state index < -0.39 is 12.6 Å². The fourth-order valence-electron chi connectivity index (χ4n) is 1.13. The van der Waals surface area contributed by atoms with E-state index in [-0.39, 0.29) is 12.2 Å². The molecule has 0 bridgehead atoms. The number of carboxylic acids is 1. The van der Waals surface area contributed by atoms with E-state index in [1.54, 1.807) is 12.1 Å². The van der Waals surface area contributed by atoms with Crippen LogP contribution in [-0.2, 0) is 11.2 Å². The number of alkyl halides is 2. The molecule has 1 aromatic carbocycles. The highest BCUT2D eigenvalue weighted by molar-refractivity contribution is 5.67. The van der Waals surface area contributed by atoms with Crippen molar-refractivity contribution >= 4 is 5.97 Å². The van der Waals surface area contributed by atoms with Crippen molar-refractivity contribution in [3.05, 3.63) is 29.8 Å². The molecule has 1 rings (SSSR count). The van der Waals surface area contributed by atoms with Gasteiger partial charge >= 0.3 is 12.6 Å². The number of aryl methyl sites for hydroxylation is 1. The first kappa shape index (κ1) is 11.4. The molecule has 1 aromatic rings. The van der Waals surface area contributed by atoms with E-state index in [1.807, 2.05) is 0 Å².